The molecule has 1 aliphatic heterocycles. The van der Waals surface area contributed by atoms with Gasteiger partial charge in [0.1, 0.15) is 5.82 Å². The molecule has 1 unspecified atom stereocenters. The molecule has 1 saturated heterocycles. The SMILES string of the molecule is CC1CCCN(Cc2ccnc(N)c2)C1=O. The van der Waals surface area contributed by atoms with Crippen molar-refractivity contribution in [2.24, 2.45) is 5.92 Å². The first kappa shape index (κ1) is 10.9. The van der Waals surface area contributed by atoms with E-state index < -0.39 is 0 Å². The average molecular weight is 219 g/mol. The molecule has 1 amide bonds. The summed E-state index contributed by atoms with van der Waals surface area (Å²) in [6.07, 6.45) is 3.78. The van der Waals surface area contributed by atoms with Gasteiger partial charge >= 0.3 is 0 Å². The predicted molar refractivity (Wildman–Crippen MR) is 62.5 cm³/mol. The van der Waals surface area contributed by atoms with Gasteiger partial charge in [0.2, 0.25) is 5.91 Å². The number of carbonyl (C=O) groups is 1. The van der Waals surface area contributed by atoms with E-state index in [1.165, 1.54) is 0 Å². The van der Waals surface area contributed by atoms with Crippen LogP contribution >= 0.6 is 0 Å². The topological polar surface area (TPSA) is 59.2 Å². The van der Waals surface area contributed by atoms with Crippen LogP contribution in [0, 0.1) is 5.92 Å². The number of nitrogen functional groups attached to an aromatic ring is 1. The maximum absolute atomic E-state index is 11.9. The minimum absolute atomic E-state index is 0.160. The van der Waals surface area contributed by atoms with E-state index >= 15 is 0 Å². The van der Waals surface area contributed by atoms with E-state index in [0.29, 0.717) is 12.4 Å². The number of anilines is 1. The Bertz CT molecular complexity index is 392. The second kappa shape index (κ2) is 4.51. The first-order chi connectivity index (χ1) is 7.66. The number of carbonyl (C=O) groups excluding carboxylic acids is 1. The van der Waals surface area contributed by atoms with Crippen LogP contribution in [0.25, 0.3) is 0 Å². The Morgan fingerprint density at radius 3 is 3.19 bits per heavy atom. The molecule has 1 aromatic rings. The number of hydrogen-bond donors (Lipinski definition) is 1. The molecule has 1 fully saturated rings. The van der Waals surface area contributed by atoms with Crippen LogP contribution in [0.3, 0.4) is 0 Å². The maximum atomic E-state index is 11.9. The zero-order chi connectivity index (χ0) is 11.5. The monoisotopic (exact) mass is 219 g/mol. The summed E-state index contributed by atoms with van der Waals surface area (Å²) < 4.78 is 0. The third-order valence-corrected chi connectivity index (χ3v) is 3.02. The van der Waals surface area contributed by atoms with E-state index in [4.69, 9.17) is 5.73 Å². The third-order valence-electron chi connectivity index (χ3n) is 3.02. The van der Waals surface area contributed by atoms with Gasteiger partial charge in [0, 0.05) is 25.2 Å². The highest BCUT2D eigenvalue weighted by Crippen LogP contribution is 2.19. The number of likely N-dealkylation sites (tertiary alicyclic amines) is 1. The fourth-order valence-corrected chi connectivity index (χ4v) is 2.10. The lowest BCUT2D eigenvalue weighted by atomic mass is 9.99. The third kappa shape index (κ3) is 2.32. The number of pyridine rings is 1. The van der Waals surface area contributed by atoms with E-state index in [9.17, 15) is 4.79 Å². The number of hydrogen-bond acceptors (Lipinski definition) is 3. The van der Waals surface area contributed by atoms with Crippen molar-refractivity contribution in [1.82, 2.24) is 9.88 Å². The molecular formula is C12H17N3O. The highest BCUT2D eigenvalue weighted by molar-refractivity contribution is 5.79. The van der Waals surface area contributed by atoms with Crippen LogP contribution in [0.4, 0.5) is 5.82 Å². The van der Waals surface area contributed by atoms with Gasteiger partial charge in [0.15, 0.2) is 0 Å². The minimum atomic E-state index is 0.160. The van der Waals surface area contributed by atoms with Gasteiger partial charge in [-0.05, 0) is 30.5 Å². The Morgan fingerprint density at radius 1 is 1.62 bits per heavy atom. The van der Waals surface area contributed by atoms with Crippen molar-refractivity contribution < 1.29 is 4.79 Å². The molecule has 0 radical (unpaired) electrons. The van der Waals surface area contributed by atoms with E-state index in [1.807, 2.05) is 24.0 Å². The summed E-state index contributed by atoms with van der Waals surface area (Å²) in [7, 11) is 0. The Morgan fingerprint density at radius 2 is 2.44 bits per heavy atom. The van der Waals surface area contributed by atoms with E-state index in [1.54, 1.807) is 6.20 Å². The summed E-state index contributed by atoms with van der Waals surface area (Å²) in [6.45, 7) is 3.50. The van der Waals surface area contributed by atoms with Crippen molar-refractivity contribution in [3.63, 3.8) is 0 Å². The molecule has 16 heavy (non-hydrogen) atoms. The minimum Gasteiger partial charge on any atom is -0.384 e. The van der Waals surface area contributed by atoms with Crippen molar-refractivity contribution in [3.05, 3.63) is 23.9 Å². The molecule has 0 spiro atoms. The smallest absolute Gasteiger partial charge is 0.225 e. The van der Waals surface area contributed by atoms with E-state index in [2.05, 4.69) is 4.98 Å². The van der Waals surface area contributed by atoms with Gasteiger partial charge in [-0.1, -0.05) is 6.92 Å². The van der Waals surface area contributed by atoms with Crippen LogP contribution in [-0.2, 0) is 11.3 Å². The molecule has 0 bridgehead atoms. The van der Waals surface area contributed by atoms with Crippen LogP contribution in [-0.4, -0.2) is 22.3 Å². The largest absolute Gasteiger partial charge is 0.384 e. The highest BCUT2D eigenvalue weighted by Gasteiger charge is 2.24. The lowest BCUT2D eigenvalue weighted by molar-refractivity contribution is -0.138. The van der Waals surface area contributed by atoms with Crippen LogP contribution in [0.5, 0.6) is 0 Å². The lowest BCUT2D eigenvalue weighted by Gasteiger charge is -2.30. The second-order valence-electron chi connectivity index (χ2n) is 4.39. The van der Waals surface area contributed by atoms with Crippen LogP contribution in [0.2, 0.25) is 0 Å². The van der Waals surface area contributed by atoms with Crippen molar-refractivity contribution in [1.29, 1.82) is 0 Å². The van der Waals surface area contributed by atoms with Crippen molar-refractivity contribution >= 4 is 11.7 Å². The molecular weight excluding hydrogens is 202 g/mol. The molecule has 1 atom stereocenters. The predicted octanol–water partition coefficient (Wildman–Crippen LogP) is 1.42. The summed E-state index contributed by atoms with van der Waals surface area (Å²) in [6, 6.07) is 3.73. The van der Waals surface area contributed by atoms with Crippen LogP contribution in [0.1, 0.15) is 25.3 Å². The Balaban J connectivity index is 2.06. The highest BCUT2D eigenvalue weighted by atomic mass is 16.2. The molecule has 2 heterocycles. The van der Waals surface area contributed by atoms with Crippen LogP contribution < -0.4 is 5.73 Å². The van der Waals surface area contributed by atoms with Gasteiger partial charge in [-0.3, -0.25) is 4.79 Å². The first-order valence-electron chi connectivity index (χ1n) is 5.66. The molecule has 1 aliphatic rings. The van der Waals surface area contributed by atoms with E-state index in [0.717, 1.165) is 24.9 Å². The summed E-state index contributed by atoms with van der Waals surface area (Å²) in [4.78, 5) is 17.7. The molecule has 0 aliphatic carbocycles. The zero-order valence-electron chi connectivity index (χ0n) is 9.52. The summed E-state index contributed by atoms with van der Waals surface area (Å²) in [5.74, 6) is 0.921. The lowest BCUT2D eigenvalue weighted by Crippen LogP contribution is -2.39. The number of aromatic nitrogens is 1. The van der Waals surface area contributed by atoms with Gasteiger partial charge in [0.05, 0.1) is 0 Å². The van der Waals surface area contributed by atoms with Crippen molar-refractivity contribution in [3.8, 4) is 0 Å². The summed E-state index contributed by atoms with van der Waals surface area (Å²) >= 11 is 0. The zero-order valence-corrected chi connectivity index (χ0v) is 9.52. The second-order valence-corrected chi connectivity index (χ2v) is 4.39. The fourth-order valence-electron chi connectivity index (χ4n) is 2.10. The Labute approximate surface area is 95.5 Å². The molecule has 1 aromatic heterocycles. The molecule has 0 aromatic carbocycles. The molecule has 2 N–H and O–H groups in total. The van der Waals surface area contributed by atoms with Gasteiger partial charge < -0.3 is 10.6 Å². The van der Waals surface area contributed by atoms with Crippen molar-refractivity contribution in [2.75, 3.05) is 12.3 Å². The molecule has 0 saturated carbocycles. The number of piperidine rings is 1. The van der Waals surface area contributed by atoms with Crippen molar-refractivity contribution in [2.45, 2.75) is 26.3 Å². The number of nitrogens with two attached hydrogens (primary N) is 1. The Kier molecular flexibility index (Phi) is 3.08. The normalized spacial score (nSPS) is 21.2. The molecule has 4 heteroatoms. The van der Waals surface area contributed by atoms with Gasteiger partial charge in [0.25, 0.3) is 0 Å². The number of amides is 1. The number of rotatable bonds is 2. The first-order valence-corrected chi connectivity index (χ1v) is 5.66. The summed E-state index contributed by atoms with van der Waals surface area (Å²) in [5, 5.41) is 0. The Hall–Kier alpha value is -1.58. The quantitative estimate of drug-likeness (QED) is 0.818. The van der Waals surface area contributed by atoms with Gasteiger partial charge in [-0.2, -0.15) is 0 Å². The molecule has 4 nitrogen and oxygen atoms in total. The molecule has 86 valence electrons. The van der Waals surface area contributed by atoms with Crippen LogP contribution in [0.15, 0.2) is 18.3 Å². The molecule has 2 rings (SSSR count). The van der Waals surface area contributed by atoms with E-state index in [-0.39, 0.29) is 11.8 Å². The summed E-state index contributed by atoms with van der Waals surface area (Å²) in [5.41, 5.74) is 6.66. The standard InChI is InChI=1S/C12H17N3O/c1-9-3-2-6-15(12(9)16)8-10-4-5-14-11(13)7-10/h4-5,7,9H,2-3,6,8H2,1H3,(H2,13,14). The number of nitrogens with zero attached hydrogens (tertiary/aromatic N) is 2. The average Bonchev–Trinajstić information content (AvgIpc) is 2.25. The maximum Gasteiger partial charge on any atom is 0.225 e. The fraction of sp³-hybridized carbons (Fsp3) is 0.500. The van der Waals surface area contributed by atoms with Gasteiger partial charge in [-0.25, -0.2) is 4.98 Å². The van der Waals surface area contributed by atoms with Gasteiger partial charge in [-0.15, -0.1) is 0 Å².